The molecule has 1 fully saturated rings. The van der Waals surface area contributed by atoms with Crippen molar-refractivity contribution in [3.63, 3.8) is 0 Å². The van der Waals surface area contributed by atoms with Crippen molar-refractivity contribution in [3.05, 3.63) is 0 Å². The minimum atomic E-state index is -1.50. The Balaban J connectivity index is 2.19. The molecule has 0 aromatic heterocycles. The third kappa shape index (κ3) is 2.69. The fourth-order valence-corrected chi connectivity index (χ4v) is 1.10. The Hall–Kier alpha value is -1.10. The maximum atomic E-state index is 11.1. The molecule has 5 heteroatoms. The number of carbonyl (C=O) groups excluding carboxylic acids is 1. The van der Waals surface area contributed by atoms with Gasteiger partial charge >= 0.3 is 5.97 Å². The van der Waals surface area contributed by atoms with E-state index in [1.807, 2.05) is 6.92 Å². The topological polar surface area (TPSA) is 86.6 Å². The summed E-state index contributed by atoms with van der Waals surface area (Å²) in [6.45, 7) is 1.75. The van der Waals surface area contributed by atoms with Crippen molar-refractivity contribution in [3.8, 4) is 0 Å². The summed E-state index contributed by atoms with van der Waals surface area (Å²) in [5, 5.41) is 19.5. The summed E-state index contributed by atoms with van der Waals surface area (Å²) in [5.74, 6) is -1.07. The zero-order chi connectivity index (χ0) is 10.0. The van der Waals surface area contributed by atoms with Gasteiger partial charge in [0.1, 0.15) is 0 Å². The zero-order valence-corrected chi connectivity index (χ0v) is 7.36. The minimum Gasteiger partial charge on any atom is -0.479 e. The summed E-state index contributed by atoms with van der Waals surface area (Å²) in [4.78, 5) is 21.3. The molecule has 1 aliphatic carbocycles. The highest BCUT2D eigenvalue weighted by Crippen LogP contribution is 2.37. The normalized spacial score (nSPS) is 27.8. The SMILES string of the molecule is CC1CC1C(=O)NC[C@H](O)C(=O)O. The van der Waals surface area contributed by atoms with Crippen molar-refractivity contribution in [2.45, 2.75) is 19.4 Å². The molecule has 0 saturated heterocycles. The van der Waals surface area contributed by atoms with Gasteiger partial charge in [-0.05, 0) is 12.3 Å². The lowest BCUT2D eigenvalue weighted by molar-refractivity contribution is -0.146. The van der Waals surface area contributed by atoms with Gasteiger partial charge in [0.2, 0.25) is 5.91 Å². The second-order valence-electron chi connectivity index (χ2n) is 3.42. The molecule has 0 spiro atoms. The lowest BCUT2D eigenvalue weighted by atomic mass is 10.3. The molecule has 1 saturated carbocycles. The van der Waals surface area contributed by atoms with Crippen LogP contribution in [-0.4, -0.2) is 34.7 Å². The van der Waals surface area contributed by atoms with Crippen molar-refractivity contribution in [2.24, 2.45) is 11.8 Å². The van der Waals surface area contributed by atoms with E-state index < -0.39 is 12.1 Å². The van der Waals surface area contributed by atoms with Gasteiger partial charge in [-0.3, -0.25) is 4.79 Å². The Bertz CT molecular complexity index is 228. The van der Waals surface area contributed by atoms with E-state index in [0.29, 0.717) is 5.92 Å². The predicted molar refractivity (Wildman–Crippen MR) is 43.9 cm³/mol. The van der Waals surface area contributed by atoms with E-state index in [1.165, 1.54) is 0 Å². The predicted octanol–water partition coefficient (Wildman–Crippen LogP) is -0.796. The van der Waals surface area contributed by atoms with Gasteiger partial charge in [0.15, 0.2) is 6.10 Å². The molecular weight excluding hydrogens is 174 g/mol. The van der Waals surface area contributed by atoms with Crippen LogP contribution in [0.2, 0.25) is 0 Å². The zero-order valence-electron chi connectivity index (χ0n) is 7.36. The molecule has 13 heavy (non-hydrogen) atoms. The lowest BCUT2D eigenvalue weighted by Crippen LogP contribution is -2.37. The van der Waals surface area contributed by atoms with Crippen molar-refractivity contribution in [1.29, 1.82) is 0 Å². The number of hydrogen-bond acceptors (Lipinski definition) is 3. The highest BCUT2D eigenvalue weighted by atomic mass is 16.4. The number of carboxylic acid groups (broad SMARTS) is 1. The summed E-state index contributed by atoms with van der Waals surface area (Å²) in [6.07, 6.45) is -0.646. The van der Waals surface area contributed by atoms with Gasteiger partial charge in [0, 0.05) is 5.92 Å². The highest BCUT2D eigenvalue weighted by Gasteiger charge is 2.39. The smallest absolute Gasteiger partial charge is 0.334 e. The lowest BCUT2D eigenvalue weighted by Gasteiger charge is -2.06. The first kappa shape index (κ1) is 9.98. The molecule has 0 heterocycles. The third-order valence-electron chi connectivity index (χ3n) is 2.20. The number of nitrogens with one attached hydrogen (secondary N) is 1. The van der Waals surface area contributed by atoms with E-state index in [9.17, 15) is 9.59 Å². The van der Waals surface area contributed by atoms with E-state index in [0.717, 1.165) is 6.42 Å². The van der Waals surface area contributed by atoms with Crippen LogP contribution in [0.5, 0.6) is 0 Å². The molecule has 0 radical (unpaired) electrons. The summed E-state index contributed by atoms with van der Waals surface area (Å²) >= 11 is 0. The molecule has 74 valence electrons. The van der Waals surface area contributed by atoms with Gasteiger partial charge in [-0.15, -0.1) is 0 Å². The van der Waals surface area contributed by atoms with Gasteiger partial charge in [-0.1, -0.05) is 6.92 Å². The number of aliphatic hydroxyl groups excluding tert-OH is 1. The van der Waals surface area contributed by atoms with Crippen LogP contribution in [0.3, 0.4) is 0 Å². The molecule has 1 rings (SSSR count). The number of rotatable bonds is 4. The Kier molecular flexibility index (Phi) is 2.87. The van der Waals surface area contributed by atoms with Crippen LogP contribution in [0.1, 0.15) is 13.3 Å². The number of carbonyl (C=O) groups is 2. The summed E-state index contributed by atoms with van der Waals surface area (Å²) in [7, 11) is 0. The number of carboxylic acids is 1. The fourth-order valence-electron chi connectivity index (χ4n) is 1.10. The maximum absolute atomic E-state index is 11.1. The number of hydrogen-bond donors (Lipinski definition) is 3. The Morgan fingerprint density at radius 1 is 1.62 bits per heavy atom. The molecule has 0 aromatic rings. The average Bonchev–Trinajstić information content (AvgIpc) is 2.77. The number of aliphatic hydroxyl groups is 1. The molecule has 0 aromatic carbocycles. The first-order valence-electron chi connectivity index (χ1n) is 4.21. The monoisotopic (exact) mass is 187 g/mol. The fraction of sp³-hybridized carbons (Fsp3) is 0.750. The highest BCUT2D eigenvalue weighted by molar-refractivity contribution is 5.82. The molecular formula is C8H13NO4. The molecule has 5 nitrogen and oxygen atoms in total. The van der Waals surface area contributed by atoms with Gasteiger partial charge in [0.05, 0.1) is 6.54 Å². The first-order valence-corrected chi connectivity index (χ1v) is 4.21. The van der Waals surface area contributed by atoms with E-state index in [1.54, 1.807) is 0 Å². The second kappa shape index (κ2) is 3.74. The van der Waals surface area contributed by atoms with E-state index in [-0.39, 0.29) is 18.4 Å². The number of amides is 1. The van der Waals surface area contributed by atoms with Crippen LogP contribution in [0.4, 0.5) is 0 Å². The average molecular weight is 187 g/mol. The van der Waals surface area contributed by atoms with E-state index in [2.05, 4.69) is 5.32 Å². The minimum absolute atomic E-state index is 0.0148. The van der Waals surface area contributed by atoms with Gasteiger partial charge < -0.3 is 15.5 Å². The second-order valence-corrected chi connectivity index (χ2v) is 3.42. The summed E-state index contributed by atoms with van der Waals surface area (Å²) in [5.41, 5.74) is 0. The molecule has 3 atom stereocenters. The molecule has 0 aliphatic heterocycles. The molecule has 0 bridgehead atoms. The van der Waals surface area contributed by atoms with E-state index >= 15 is 0 Å². The van der Waals surface area contributed by atoms with Crippen molar-refractivity contribution in [1.82, 2.24) is 5.32 Å². The first-order chi connectivity index (χ1) is 6.02. The van der Waals surface area contributed by atoms with Crippen LogP contribution in [0.25, 0.3) is 0 Å². The third-order valence-corrected chi connectivity index (χ3v) is 2.20. The Labute approximate surface area is 75.7 Å². The van der Waals surface area contributed by atoms with Crippen LogP contribution in [-0.2, 0) is 9.59 Å². The van der Waals surface area contributed by atoms with Crippen molar-refractivity contribution in [2.75, 3.05) is 6.54 Å². The standard InChI is InChI=1S/C8H13NO4/c1-4-2-5(4)7(11)9-3-6(10)8(12)13/h4-6,10H,2-3H2,1H3,(H,9,11)(H,12,13)/t4?,5?,6-/m0/s1. The van der Waals surface area contributed by atoms with Crippen molar-refractivity contribution < 1.29 is 19.8 Å². The Morgan fingerprint density at radius 2 is 2.15 bits per heavy atom. The van der Waals surface area contributed by atoms with Crippen molar-refractivity contribution >= 4 is 11.9 Å². The summed E-state index contributed by atoms with van der Waals surface area (Å²) in [6, 6.07) is 0. The quantitative estimate of drug-likeness (QED) is 0.538. The van der Waals surface area contributed by atoms with Crippen LogP contribution < -0.4 is 5.32 Å². The van der Waals surface area contributed by atoms with Crippen LogP contribution >= 0.6 is 0 Å². The molecule has 1 amide bonds. The largest absolute Gasteiger partial charge is 0.479 e. The van der Waals surface area contributed by atoms with Gasteiger partial charge in [-0.2, -0.15) is 0 Å². The maximum Gasteiger partial charge on any atom is 0.334 e. The van der Waals surface area contributed by atoms with Gasteiger partial charge in [-0.25, -0.2) is 4.79 Å². The van der Waals surface area contributed by atoms with E-state index in [4.69, 9.17) is 10.2 Å². The van der Waals surface area contributed by atoms with Crippen LogP contribution in [0, 0.1) is 11.8 Å². The number of aliphatic carboxylic acids is 1. The molecule has 2 unspecified atom stereocenters. The van der Waals surface area contributed by atoms with Gasteiger partial charge in [0.25, 0.3) is 0 Å². The summed E-state index contributed by atoms with van der Waals surface area (Å²) < 4.78 is 0. The van der Waals surface area contributed by atoms with Crippen LogP contribution in [0.15, 0.2) is 0 Å². The Morgan fingerprint density at radius 3 is 2.54 bits per heavy atom. The molecule has 1 aliphatic rings. The molecule has 3 N–H and O–H groups in total.